The Hall–Kier alpha value is -2.28. The molecule has 0 N–H and O–H groups in total. The van der Waals surface area contributed by atoms with Gasteiger partial charge in [0.1, 0.15) is 21.5 Å². The van der Waals surface area contributed by atoms with Crippen molar-refractivity contribution in [2.24, 2.45) is 0 Å². The van der Waals surface area contributed by atoms with Crippen molar-refractivity contribution in [3.8, 4) is 22.3 Å². The molecule has 1 fully saturated rings. The Kier molecular flexibility index (Phi) is 5.20. The largest absolute Gasteiger partial charge is 0.206 e. The first-order valence-corrected chi connectivity index (χ1v) is 10.1. The third-order valence-corrected chi connectivity index (χ3v) is 6.06. The highest BCUT2D eigenvalue weighted by atomic mass is 19.1. The van der Waals surface area contributed by atoms with Crippen molar-refractivity contribution >= 4 is 21.2 Å². The zero-order chi connectivity index (χ0) is 18.8. The minimum Gasteiger partial charge on any atom is -0.206 e. The SMILES string of the molecule is Bc1ccc(-c2ccc(-c3ccc(C4CCC(B)CC4)cc3)c(F)c2)cc1. The fourth-order valence-corrected chi connectivity index (χ4v) is 4.20. The Labute approximate surface area is 163 Å². The van der Waals surface area contributed by atoms with Crippen LogP contribution in [0.25, 0.3) is 22.3 Å². The number of hydrogen-bond acceptors (Lipinski definition) is 0. The quantitative estimate of drug-likeness (QED) is 0.608. The summed E-state index contributed by atoms with van der Waals surface area (Å²) in [6.45, 7) is 0. The molecule has 0 saturated heterocycles. The number of hydrogen-bond donors (Lipinski definition) is 0. The zero-order valence-corrected chi connectivity index (χ0v) is 16.2. The van der Waals surface area contributed by atoms with Gasteiger partial charge in [0.05, 0.1) is 0 Å². The van der Waals surface area contributed by atoms with Gasteiger partial charge in [-0.1, -0.05) is 84.8 Å². The standard InChI is InChI=1S/C24H25B2F/c25-21-10-5-17(6-11-21)16-1-3-19(4-2-16)23-14-9-20(15-24(23)27)18-7-12-22(26)13-8-18/h1-4,7-9,12-15,17,21H,5-6,10-11,25-26H2. The summed E-state index contributed by atoms with van der Waals surface area (Å²) in [5, 5.41) is 0. The molecule has 0 bridgehead atoms. The van der Waals surface area contributed by atoms with Gasteiger partial charge in [0, 0.05) is 5.56 Å². The maximum atomic E-state index is 14.8. The third-order valence-electron chi connectivity index (χ3n) is 6.06. The van der Waals surface area contributed by atoms with Gasteiger partial charge in [-0.05, 0) is 47.1 Å². The highest BCUT2D eigenvalue weighted by Gasteiger charge is 2.19. The molecular formula is C24H25B2F. The molecule has 4 rings (SSSR count). The first-order chi connectivity index (χ1) is 13.1. The van der Waals surface area contributed by atoms with Gasteiger partial charge < -0.3 is 0 Å². The van der Waals surface area contributed by atoms with Crippen LogP contribution in [0.15, 0.2) is 66.7 Å². The van der Waals surface area contributed by atoms with Crippen LogP contribution in [0.2, 0.25) is 5.82 Å². The molecule has 0 amide bonds. The van der Waals surface area contributed by atoms with Crippen LogP contribution in [-0.2, 0) is 0 Å². The maximum Gasteiger partial charge on any atom is 0.139 e. The van der Waals surface area contributed by atoms with E-state index in [2.05, 4.69) is 52.1 Å². The van der Waals surface area contributed by atoms with Crippen LogP contribution in [-0.4, -0.2) is 15.7 Å². The van der Waals surface area contributed by atoms with Gasteiger partial charge in [0.25, 0.3) is 0 Å². The highest BCUT2D eigenvalue weighted by molar-refractivity contribution is 6.32. The molecular weight excluding hydrogens is 329 g/mol. The van der Waals surface area contributed by atoms with Crippen LogP contribution >= 0.6 is 0 Å². The maximum absolute atomic E-state index is 14.8. The molecule has 1 aliphatic carbocycles. The third kappa shape index (κ3) is 4.03. The fraction of sp³-hybridized carbons (Fsp3) is 0.250. The number of rotatable bonds is 3. The van der Waals surface area contributed by atoms with E-state index in [1.807, 2.05) is 24.3 Å². The smallest absolute Gasteiger partial charge is 0.139 e. The van der Waals surface area contributed by atoms with E-state index in [-0.39, 0.29) is 5.82 Å². The van der Waals surface area contributed by atoms with Crippen LogP contribution in [0, 0.1) is 5.82 Å². The molecule has 27 heavy (non-hydrogen) atoms. The average molecular weight is 354 g/mol. The summed E-state index contributed by atoms with van der Waals surface area (Å²) < 4.78 is 14.8. The van der Waals surface area contributed by atoms with E-state index < -0.39 is 0 Å². The summed E-state index contributed by atoms with van der Waals surface area (Å²) in [5.74, 6) is 1.37. The second-order valence-corrected chi connectivity index (χ2v) is 8.14. The lowest BCUT2D eigenvalue weighted by atomic mass is 9.70. The summed E-state index contributed by atoms with van der Waals surface area (Å²) >= 11 is 0. The molecule has 0 aromatic heterocycles. The van der Waals surface area contributed by atoms with Gasteiger partial charge in [-0.25, -0.2) is 4.39 Å². The molecule has 3 heteroatoms. The van der Waals surface area contributed by atoms with Crippen LogP contribution in [0.5, 0.6) is 0 Å². The lowest BCUT2D eigenvalue weighted by molar-refractivity contribution is 0.444. The zero-order valence-electron chi connectivity index (χ0n) is 16.2. The normalized spacial score (nSPS) is 19.7. The lowest BCUT2D eigenvalue weighted by Gasteiger charge is -2.26. The van der Waals surface area contributed by atoms with E-state index in [1.165, 1.54) is 36.7 Å². The van der Waals surface area contributed by atoms with E-state index in [0.29, 0.717) is 11.5 Å². The van der Waals surface area contributed by atoms with E-state index >= 15 is 0 Å². The van der Waals surface area contributed by atoms with Crippen molar-refractivity contribution < 1.29 is 4.39 Å². The number of halogens is 1. The van der Waals surface area contributed by atoms with E-state index in [0.717, 1.165) is 22.5 Å². The first kappa shape index (κ1) is 18.1. The van der Waals surface area contributed by atoms with Gasteiger partial charge in [0.2, 0.25) is 0 Å². The van der Waals surface area contributed by atoms with Gasteiger partial charge >= 0.3 is 0 Å². The van der Waals surface area contributed by atoms with E-state index in [1.54, 1.807) is 6.07 Å². The van der Waals surface area contributed by atoms with Gasteiger partial charge in [-0.15, -0.1) is 0 Å². The second kappa shape index (κ2) is 7.76. The first-order valence-electron chi connectivity index (χ1n) is 10.1. The molecule has 1 saturated carbocycles. The Bertz CT molecular complexity index is 908. The molecule has 0 radical (unpaired) electrons. The lowest BCUT2D eigenvalue weighted by Crippen LogP contribution is -2.09. The van der Waals surface area contributed by atoms with Crippen molar-refractivity contribution in [3.05, 3.63) is 78.1 Å². The topological polar surface area (TPSA) is 0 Å². The summed E-state index contributed by atoms with van der Waals surface area (Å²) in [4.78, 5) is 0. The molecule has 0 aliphatic heterocycles. The molecule has 134 valence electrons. The van der Waals surface area contributed by atoms with Crippen molar-refractivity contribution in [2.75, 3.05) is 0 Å². The molecule has 0 unspecified atom stereocenters. The minimum atomic E-state index is -0.160. The van der Waals surface area contributed by atoms with Gasteiger partial charge in [-0.2, -0.15) is 0 Å². The highest BCUT2D eigenvalue weighted by Crippen LogP contribution is 2.38. The fourth-order valence-electron chi connectivity index (χ4n) is 4.20. The van der Waals surface area contributed by atoms with Crippen LogP contribution in [0.1, 0.15) is 37.2 Å². The van der Waals surface area contributed by atoms with Gasteiger partial charge in [0.15, 0.2) is 0 Å². The summed E-state index contributed by atoms with van der Waals surface area (Å²) in [6, 6.07) is 22.3. The van der Waals surface area contributed by atoms with Crippen molar-refractivity contribution in [1.29, 1.82) is 0 Å². The molecule has 1 aliphatic rings. The average Bonchev–Trinajstić information content (AvgIpc) is 2.69. The molecule has 3 aromatic carbocycles. The van der Waals surface area contributed by atoms with Crippen molar-refractivity contribution in [2.45, 2.75) is 37.4 Å². The van der Waals surface area contributed by atoms with E-state index in [9.17, 15) is 4.39 Å². The van der Waals surface area contributed by atoms with Crippen LogP contribution in [0.4, 0.5) is 4.39 Å². The molecule has 0 spiro atoms. The minimum absolute atomic E-state index is 0.160. The predicted molar refractivity (Wildman–Crippen MR) is 119 cm³/mol. The Balaban J connectivity index is 1.55. The van der Waals surface area contributed by atoms with Crippen LogP contribution < -0.4 is 5.46 Å². The molecule has 0 nitrogen and oxygen atoms in total. The van der Waals surface area contributed by atoms with Crippen molar-refractivity contribution in [1.82, 2.24) is 0 Å². The second-order valence-electron chi connectivity index (χ2n) is 8.14. The van der Waals surface area contributed by atoms with Gasteiger partial charge in [-0.3, -0.25) is 0 Å². The Morgan fingerprint density at radius 3 is 1.93 bits per heavy atom. The van der Waals surface area contributed by atoms with Crippen LogP contribution in [0.3, 0.4) is 0 Å². The molecule has 0 atom stereocenters. The van der Waals surface area contributed by atoms with Crippen molar-refractivity contribution in [3.63, 3.8) is 0 Å². The Morgan fingerprint density at radius 2 is 1.30 bits per heavy atom. The Morgan fingerprint density at radius 1 is 0.704 bits per heavy atom. The summed E-state index contributed by atoms with van der Waals surface area (Å²) in [7, 11) is 4.41. The summed E-state index contributed by atoms with van der Waals surface area (Å²) in [6.07, 6.45) is 5.20. The monoisotopic (exact) mass is 354 g/mol. The predicted octanol–water partition coefficient (Wildman–Crippen LogP) is 4.50. The molecule has 3 aromatic rings. The van der Waals surface area contributed by atoms with E-state index in [4.69, 9.17) is 0 Å². The summed E-state index contributed by atoms with van der Waals surface area (Å²) in [5.41, 5.74) is 6.22. The molecule has 0 heterocycles. The number of benzene rings is 3.